The Labute approximate surface area is 124 Å². The molecule has 5 nitrogen and oxygen atoms in total. The molecule has 0 aromatic heterocycles. The van der Waals surface area contributed by atoms with Gasteiger partial charge in [-0.15, -0.1) is 0 Å². The van der Waals surface area contributed by atoms with Crippen molar-refractivity contribution in [3.8, 4) is 0 Å². The van der Waals surface area contributed by atoms with Crippen molar-refractivity contribution in [2.24, 2.45) is 11.7 Å². The third-order valence-electron chi connectivity index (χ3n) is 4.09. The average molecular weight is 290 g/mol. The van der Waals surface area contributed by atoms with Crippen LogP contribution in [-0.4, -0.2) is 22.5 Å². The summed E-state index contributed by atoms with van der Waals surface area (Å²) in [5, 5.41) is 11.7. The molecule has 1 aliphatic carbocycles. The minimum absolute atomic E-state index is 0.121. The molecule has 1 aromatic carbocycles. The van der Waals surface area contributed by atoms with Gasteiger partial charge in [-0.1, -0.05) is 38.0 Å². The molecule has 2 atom stereocenters. The molecule has 0 radical (unpaired) electrons. The number of nitrogens with two attached hydrogens (primary N) is 1. The van der Waals surface area contributed by atoms with Crippen LogP contribution in [-0.2, 0) is 16.0 Å². The molecule has 1 saturated carbocycles. The number of aliphatic carboxylic acids is 1. The van der Waals surface area contributed by atoms with Crippen molar-refractivity contribution in [3.05, 3.63) is 29.8 Å². The molecule has 1 aliphatic rings. The van der Waals surface area contributed by atoms with Gasteiger partial charge in [0.1, 0.15) is 0 Å². The SMILES string of the molecule is CC1CCCC(N)(C(=O)Nc2ccccc2CC(=O)O)C1. The highest BCUT2D eigenvalue weighted by Crippen LogP contribution is 2.31. The molecule has 0 heterocycles. The summed E-state index contributed by atoms with van der Waals surface area (Å²) in [5.41, 5.74) is 6.53. The van der Waals surface area contributed by atoms with E-state index in [4.69, 9.17) is 10.8 Å². The molecule has 4 N–H and O–H groups in total. The molecular formula is C16H22N2O3. The first-order valence-electron chi connectivity index (χ1n) is 7.31. The highest BCUT2D eigenvalue weighted by Gasteiger charge is 2.38. The first-order chi connectivity index (χ1) is 9.90. The lowest BCUT2D eigenvalue weighted by Crippen LogP contribution is -2.53. The maximum absolute atomic E-state index is 12.5. The van der Waals surface area contributed by atoms with Crippen molar-refractivity contribution < 1.29 is 14.7 Å². The van der Waals surface area contributed by atoms with Gasteiger partial charge in [-0.3, -0.25) is 9.59 Å². The van der Waals surface area contributed by atoms with Crippen LogP contribution in [0.1, 0.15) is 38.2 Å². The van der Waals surface area contributed by atoms with E-state index in [0.717, 1.165) is 12.8 Å². The average Bonchev–Trinajstić information content (AvgIpc) is 2.40. The van der Waals surface area contributed by atoms with Crippen LogP contribution in [0.2, 0.25) is 0 Å². The Hall–Kier alpha value is -1.88. The minimum atomic E-state index is -0.926. The Bertz CT molecular complexity index is 544. The maximum Gasteiger partial charge on any atom is 0.307 e. The topological polar surface area (TPSA) is 92.4 Å². The molecular weight excluding hydrogens is 268 g/mol. The summed E-state index contributed by atoms with van der Waals surface area (Å²) in [4.78, 5) is 23.4. The summed E-state index contributed by atoms with van der Waals surface area (Å²) in [7, 11) is 0. The van der Waals surface area contributed by atoms with E-state index in [-0.39, 0.29) is 12.3 Å². The van der Waals surface area contributed by atoms with E-state index in [0.29, 0.717) is 30.0 Å². The van der Waals surface area contributed by atoms with E-state index in [1.54, 1.807) is 24.3 Å². The maximum atomic E-state index is 12.5. The molecule has 0 spiro atoms. The van der Waals surface area contributed by atoms with Crippen molar-refractivity contribution >= 4 is 17.6 Å². The number of amides is 1. The summed E-state index contributed by atoms with van der Waals surface area (Å²) >= 11 is 0. The molecule has 114 valence electrons. The van der Waals surface area contributed by atoms with Crippen LogP contribution >= 0.6 is 0 Å². The van der Waals surface area contributed by atoms with Crippen LogP contribution in [0.5, 0.6) is 0 Å². The lowest BCUT2D eigenvalue weighted by molar-refractivity contribution is -0.136. The lowest BCUT2D eigenvalue weighted by atomic mass is 9.76. The van der Waals surface area contributed by atoms with Crippen LogP contribution in [0.25, 0.3) is 0 Å². The monoisotopic (exact) mass is 290 g/mol. The van der Waals surface area contributed by atoms with E-state index >= 15 is 0 Å². The lowest BCUT2D eigenvalue weighted by Gasteiger charge is -2.35. The Morgan fingerprint density at radius 1 is 1.43 bits per heavy atom. The van der Waals surface area contributed by atoms with E-state index in [1.807, 2.05) is 0 Å². The van der Waals surface area contributed by atoms with Gasteiger partial charge < -0.3 is 16.2 Å². The number of carbonyl (C=O) groups is 2. The summed E-state index contributed by atoms with van der Waals surface area (Å²) < 4.78 is 0. The van der Waals surface area contributed by atoms with Crippen molar-refractivity contribution in [3.63, 3.8) is 0 Å². The summed E-state index contributed by atoms with van der Waals surface area (Å²) in [6.45, 7) is 2.10. The molecule has 0 aliphatic heterocycles. The van der Waals surface area contributed by atoms with Gasteiger partial charge in [0.05, 0.1) is 12.0 Å². The van der Waals surface area contributed by atoms with Gasteiger partial charge in [0.25, 0.3) is 0 Å². The Morgan fingerprint density at radius 3 is 2.81 bits per heavy atom. The normalized spacial score (nSPS) is 25.3. The number of nitrogens with one attached hydrogen (secondary N) is 1. The van der Waals surface area contributed by atoms with Gasteiger partial charge in [0.15, 0.2) is 0 Å². The molecule has 2 rings (SSSR count). The summed E-state index contributed by atoms with van der Waals surface area (Å²) in [6.07, 6.45) is 3.26. The molecule has 5 heteroatoms. The molecule has 0 saturated heterocycles. The number of carboxylic acid groups (broad SMARTS) is 1. The molecule has 1 aromatic rings. The van der Waals surface area contributed by atoms with Crippen molar-refractivity contribution in [1.82, 2.24) is 0 Å². The number of benzene rings is 1. The quantitative estimate of drug-likeness (QED) is 0.792. The number of anilines is 1. The predicted octanol–water partition coefficient (Wildman–Crippen LogP) is 2.16. The number of para-hydroxylation sites is 1. The fraction of sp³-hybridized carbons (Fsp3) is 0.500. The second-order valence-electron chi connectivity index (χ2n) is 6.04. The predicted molar refractivity (Wildman–Crippen MR) is 81.0 cm³/mol. The number of hydrogen-bond donors (Lipinski definition) is 3. The van der Waals surface area contributed by atoms with Crippen molar-refractivity contribution in [1.29, 1.82) is 0 Å². The van der Waals surface area contributed by atoms with Gasteiger partial charge in [-0.25, -0.2) is 0 Å². The van der Waals surface area contributed by atoms with Crippen LogP contribution in [0.4, 0.5) is 5.69 Å². The fourth-order valence-corrected chi connectivity index (χ4v) is 3.00. The van der Waals surface area contributed by atoms with Crippen molar-refractivity contribution in [2.45, 2.75) is 44.6 Å². The van der Waals surface area contributed by atoms with Gasteiger partial charge in [0.2, 0.25) is 5.91 Å². The highest BCUT2D eigenvalue weighted by molar-refractivity contribution is 5.99. The number of rotatable bonds is 4. The zero-order valence-corrected chi connectivity index (χ0v) is 12.3. The molecule has 21 heavy (non-hydrogen) atoms. The number of carbonyl (C=O) groups excluding carboxylic acids is 1. The van der Waals surface area contributed by atoms with Crippen LogP contribution in [0.15, 0.2) is 24.3 Å². The fourth-order valence-electron chi connectivity index (χ4n) is 3.00. The van der Waals surface area contributed by atoms with E-state index in [1.165, 1.54) is 0 Å². The van der Waals surface area contributed by atoms with E-state index < -0.39 is 11.5 Å². The van der Waals surface area contributed by atoms with Gasteiger partial charge in [-0.2, -0.15) is 0 Å². The number of carboxylic acids is 1. The minimum Gasteiger partial charge on any atom is -0.481 e. The van der Waals surface area contributed by atoms with E-state index in [2.05, 4.69) is 12.2 Å². The van der Waals surface area contributed by atoms with Crippen molar-refractivity contribution in [2.75, 3.05) is 5.32 Å². The third-order valence-corrected chi connectivity index (χ3v) is 4.09. The second kappa shape index (κ2) is 6.26. The first kappa shape index (κ1) is 15.5. The molecule has 1 fully saturated rings. The Morgan fingerprint density at radius 2 is 2.14 bits per heavy atom. The summed E-state index contributed by atoms with van der Waals surface area (Å²) in [5.74, 6) is -0.707. The molecule has 0 bridgehead atoms. The third kappa shape index (κ3) is 3.82. The van der Waals surface area contributed by atoms with Gasteiger partial charge >= 0.3 is 5.97 Å². The standard InChI is InChI=1S/C16H22N2O3/c1-11-5-4-8-16(17,10-11)15(21)18-13-7-3-2-6-12(13)9-14(19)20/h2-3,6-7,11H,4-5,8-10,17H2,1H3,(H,18,21)(H,19,20). The van der Waals surface area contributed by atoms with Gasteiger partial charge in [0, 0.05) is 5.69 Å². The Balaban J connectivity index is 2.14. The van der Waals surface area contributed by atoms with Crippen LogP contribution in [0, 0.1) is 5.92 Å². The summed E-state index contributed by atoms with van der Waals surface area (Å²) in [6, 6.07) is 6.95. The zero-order valence-electron chi connectivity index (χ0n) is 12.3. The molecule has 1 amide bonds. The second-order valence-corrected chi connectivity index (χ2v) is 6.04. The Kier molecular flexibility index (Phi) is 4.63. The largest absolute Gasteiger partial charge is 0.481 e. The van der Waals surface area contributed by atoms with Crippen LogP contribution in [0.3, 0.4) is 0 Å². The first-order valence-corrected chi connectivity index (χ1v) is 7.31. The van der Waals surface area contributed by atoms with E-state index in [9.17, 15) is 9.59 Å². The highest BCUT2D eigenvalue weighted by atomic mass is 16.4. The zero-order chi connectivity index (χ0) is 15.5. The van der Waals surface area contributed by atoms with Gasteiger partial charge in [-0.05, 0) is 30.4 Å². The smallest absolute Gasteiger partial charge is 0.307 e. The number of hydrogen-bond acceptors (Lipinski definition) is 3. The molecule has 2 unspecified atom stereocenters. The van der Waals surface area contributed by atoms with Crippen LogP contribution < -0.4 is 11.1 Å².